The van der Waals surface area contributed by atoms with Crippen LogP contribution in [-0.2, 0) is 6.54 Å². The van der Waals surface area contributed by atoms with E-state index in [9.17, 15) is 4.79 Å². The number of urea groups is 1. The monoisotopic (exact) mass is 321 g/mol. The summed E-state index contributed by atoms with van der Waals surface area (Å²) in [6.45, 7) is 2.74. The van der Waals surface area contributed by atoms with E-state index in [4.69, 9.17) is 0 Å². The number of nitrogens with zero attached hydrogens (tertiary/aromatic N) is 3. The van der Waals surface area contributed by atoms with Gasteiger partial charge < -0.3 is 5.32 Å². The fourth-order valence-electron chi connectivity index (χ4n) is 2.29. The molecule has 0 aliphatic heterocycles. The summed E-state index contributed by atoms with van der Waals surface area (Å²) >= 11 is 0. The molecule has 2 aromatic carbocycles. The Balaban J connectivity index is 1.78. The Bertz CT molecular complexity index is 746. The summed E-state index contributed by atoms with van der Waals surface area (Å²) in [4.78, 5) is 12.4. The van der Waals surface area contributed by atoms with Crippen molar-refractivity contribution in [2.75, 3.05) is 10.3 Å². The number of nitrogens with one attached hydrogen (secondary N) is 2. The van der Waals surface area contributed by atoms with Gasteiger partial charge in [-0.2, -0.15) is 5.10 Å². The number of hydrogen-bond donors (Lipinski definition) is 2. The van der Waals surface area contributed by atoms with Gasteiger partial charge in [-0.05, 0) is 31.2 Å². The molecule has 1 heterocycles. The summed E-state index contributed by atoms with van der Waals surface area (Å²) in [6.07, 6.45) is 3.41. The summed E-state index contributed by atoms with van der Waals surface area (Å²) in [5, 5.41) is 8.67. The highest BCUT2D eigenvalue weighted by atomic mass is 16.2. The van der Waals surface area contributed by atoms with Crippen LogP contribution in [0.25, 0.3) is 0 Å². The van der Waals surface area contributed by atoms with Crippen molar-refractivity contribution < 1.29 is 4.79 Å². The van der Waals surface area contributed by atoms with Gasteiger partial charge in [0.05, 0.1) is 23.3 Å². The minimum absolute atomic E-state index is 0.335. The van der Waals surface area contributed by atoms with E-state index in [2.05, 4.69) is 15.8 Å². The molecule has 0 bridgehead atoms. The van der Waals surface area contributed by atoms with E-state index in [1.165, 1.54) is 0 Å². The Labute approximate surface area is 140 Å². The number of benzene rings is 2. The Morgan fingerprint density at radius 3 is 2.12 bits per heavy atom. The molecule has 6 heteroatoms. The zero-order valence-electron chi connectivity index (χ0n) is 13.4. The molecule has 0 aliphatic rings. The van der Waals surface area contributed by atoms with Gasteiger partial charge in [0, 0.05) is 12.7 Å². The van der Waals surface area contributed by atoms with Crippen LogP contribution in [0.5, 0.6) is 0 Å². The van der Waals surface area contributed by atoms with Crippen molar-refractivity contribution >= 4 is 23.1 Å². The molecule has 0 fully saturated rings. The second-order valence-corrected chi connectivity index (χ2v) is 5.16. The van der Waals surface area contributed by atoms with Crippen molar-refractivity contribution in [3.8, 4) is 0 Å². The van der Waals surface area contributed by atoms with Crippen LogP contribution in [0.3, 0.4) is 0 Å². The van der Waals surface area contributed by atoms with Gasteiger partial charge in [-0.1, -0.05) is 36.4 Å². The molecule has 0 atom stereocenters. The smallest absolute Gasteiger partial charge is 0.304 e. The highest BCUT2D eigenvalue weighted by molar-refractivity contribution is 5.91. The lowest BCUT2D eigenvalue weighted by molar-refractivity contribution is 0.252. The van der Waals surface area contributed by atoms with E-state index in [0.29, 0.717) is 5.69 Å². The minimum Gasteiger partial charge on any atom is -0.304 e. The standard InChI is InChI=1S/C18H19N5O/c1-2-22-14-15(13-19-22)20-18(24)21-23(16-9-5-3-6-10-16)17-11-7-4-8-12-17/h3-14H,2H2,1H3,(H2,20,21,24). The predicted octanol–water partition coefficient (Wildman–Crippen LogP) is 3.78. The molecule has 3 rings (SSSR count). The molecule has 0 saturated heterocycles. The topological polar surface area (TPSA) is 62.2 Å². The summed E-state index contributed by atoms with van der Waals surface area (Å²) < 4.78 is 1.75. The second-order valence-electron chi connectivity index (χ2n) is 5.16. The minimum atomic E-state index is -0.335. The second kappa shape index (κ2) is 7.32. The van der Waals surface area contributed by atoms with Gasteiger partial charge in [0.15, 0.2) is 0 Å². The molecular formula is C18H19N5O. The highest BCUT2D eigenvalue weighted by Crippen LogP contribution is 2.22. The summed E-state index contributed by atoms with van der Waals surface area (Å²) in [5.41, 5.74) is 5.25. The number of rotatable bonds is 5. The normalized spacial score (nSPS) is 10.2. The van der Waals surface area contributed by atoms with Crippen molar-refractivity contribution in [1.29, 1.82) is 0 Å². The highest BCUT2D eigenvalue weighted by Gasteiger charge is 2.13. The quantitative estimate of drug-likeness (QED) is 0.703. The molecule has 24 heavy (non-hydrogen) atoms. The lowest BCUT2D eigenvalue weighted by Crippen LogP contribution is -2.41. The molecule has 0 saturated carbocycles. The van der Waals surface area contributed by atoms with E-state index in [-0.39, 0.29) is 6.03 Å². The van der Waals surface area contributed by atoms with Gasteiger partial charge in [0.1, 0.15) is 0 Å². The van der Waals surface area contributed by atoms with Gasteiger partial charge in [-0.25, -0.2) is 10.2 Å². The first-order chi connectivity index (χ1) is 11.8. The van der Waals surface area contributed by atoms with Crippen LogP contribution in [0, 0.1) is 0 Å². The number of para-hydroxylation sites is 2. The maximum atomic E-state index is 12.4. The number of hydrazine groups is 1. The Hall–Kier alpha value is -3.28. The van der Waals surface area contributed by atoms with Crippen LogP contribution in [0.4, 0.5) is 21.9 Å². The maximum Gasteiger partial charge on any atom is 0.338 e. The Kier molecular flexibility index (Phi) is 4.76. The summed E-state index contributed by atoms with van der Waals surface area (Å²) in [6, 6.07) is 19.0. The Morgan fingerprint density at radius 1 is 1.04 bits per heavy atom. The lowest BCUT2D eigenvalue weighted by atomic mass is 10.2. The maximum absolute atomic E-state index is 12.4. The first-order valence-electron chi connectivity index (χ1n) is 7.76. The van der Waals surface area contributed by atoms with Crippen LogP contribution in [0.1, 0.15) is 6.92 Å². The van der Waals surface area contributed by atoms with Gasteiger partial charge in [-0.3, -0.25) is 9.69 Å². The molecule has 6 nitrogen and oxygen atoms in total. The summed E-state index contributed by atoms with van der Waals surface area (Å²) in [5.74, 6) is 0. The number of hydrogen-bond acceptors (Lipinski definition) is 3. The summed E-state index contributed by atoms with van der Waals surface area (Å²) in [7, 11) is 0. The average Bonchev–Trinajstić information content (AvgIpc) is 3.08. The van der Waals surface area contributed by atoms with E-state index in [0.717, 1.165) is 17.9 Å². The van der Waals surface area contributed by atoms with E-state index in [1.54, 1.807) is 22.1 Å². The SMILES string of the molecule is CCn1cc(NC(=O)NN(c2ccccc2)c2ccccc2)cn1. The molecule has 122 valence electrons. The average molecular weight is 321 g/mol. The zero-order valence-corrected chi connectivity index (χ0v) is 13.4. The van der Waals surface area contributed by atoms with E-state index in [1.807, 2.05) is 67.6 Å². The van der Waals surface area contributed by atoms with Gasteiger partial charge in [-0.15, -0.1) is 0 Å². The molecule has 2 amide bonds. The van der Waals surface area contributed by atoms with Crippen LogP contribution in [-0.4, -0.2) is 15.8 Å². The molecule has 3 aromatic rings. The molecule has 0 unspecified atom stereocenters. The van der Waals surface area contributed by atoms with Crippen LogP contribution >= 0.6 is 0 Å². The number of anilines is 3. The van der Waals surface area contributed by atoms with Gasteiger partial charge in [0.25, 0.3) is 0 Å². The number of amides is 2. The van der Waals surface area contributed by atoms with Crippen molar-refractivity contribution in [2.24, 2.45) is 0 Å². The predicted molar refractivity (Wildman–Crippen MR) is 95.1 cm³/mol. The first kappa shape index (κ1) is 15.6. The molecule has 1 aromatic heterocycles. The molecular weight excluding hydrogens is 302 g/mol. The van der Waals surface area contributed by atoms with E-state index < -0.39 is 0 Å². The van der Waals surface area contributed by atoms with Crippen LogP contribution in [0.2, 0.25) is 0 Å². The first-order valence-corrected chi connectivity index (χ1v) is 7.76. The number of aryl methyl sites for hydroxylation is 1. The third-order valence-corrected chi connectivity index (χ3v) is 3.46. The van der Waals surface area contributed by atoms with Crippen LogP contribution in [0.15, 0.2) is 73.1 Å². The molecule has 2 N–H and O–H groups in total. The van der Waals surface area contributed by atoms with Gasteiger partial charge in [0.2, 0.25) is 0 Å². The van der Waals surface area contributed by atoms with Crippen LogP contribution < -0.4 is 15.8 Å². The van der Waals surface area contributed by atoms with Gasteiger partial charge >= 0.3 is 6.03 Å². The Morgan fingerprint density at radius 2 is 1.62 bits per heavy atom. The number of aromatic nitrogens is 2. The largest absolute Gasteiger partial charge is 0.338 e. The third-order valence-electron chi connectivity index (χ3n) is 3.46. The van der Waals surface area contributed by atoms with E-state index >= 15 is 0 Å². The van der Waals surface area contributed by atoms with Crippen molar-refractivity contribution in [3.63, 3.8) is 0 Å². The lowest BCUT2D eigenvalue weighted by Gasteiger charge is -2.25. The molecule has 0 spiro atoms. The van der Waals surface area contributed by atoms with Crippen molar-refractivity contribution in [3.05, 3.63) is 73.1 Å². The molecule has 0 radical (unpaired) electrons. The zero-order chi connectivity index (χ0) is 16.8. The van der Waals surface area contributed by atoms with Crippen molar-refractivity contribution in [1.82, 2.24) is 15.2 Å². The van der Waals surface area contributed by atoms with Crippen molar-refractivity contribution in [2.45, 2.75) is 13.5 Å². The fraction of sp³-hybridized carbons (Fsp3) is 0.111. The third kappa shape index (κ3) is 3.73. The fourth-order valence-corrected chi connectivity index (χ4v) is 2.29. The number of carbonyl (C=O) groups is 1. The number of carbonyl (C=O) groups excluding carboxylic acids is 1. The molecule has 0 aliphatic carbocycles.